The molecule has 216 valence electrons. The summed E-state index contributed by atoms with van der Waals surface area (Å²) < 4.78 is 11.7. The number of amides is 1. The predicted molar refractivity (Wildman–Crippen MR) is 166 cm³/mol. The van der Waals surface area contributed by atoms with E-state index in [1.165, 1.54) is 35.1 Å². The van der Waals surface area contributed by atoms with Crippen molar-refractivity contribution in [2.24, 2.45) is 0 Å². The van der Waals surface area contributed by atoms with Gasteiger partial charge < -0.3 is 14.6 Å². The fourth-order valence-corrected chi connectivity index (χ4v) is 6.62. The number of aliphatic hydroxyl groups is 1. The van der Waals surface area contributed by atoms with Gasteiger partial charge in [-0.1, -0.05) is 78.4 Å². The van der Waals surface area contributed by atoms with E-state index in [0.717, 1.165) is 18.4 Å². The zero-order valence-corrected chi connectivity index (χ0v) is 25.3. The number of methoxy groups -OCH3 is 1. The van der Waals surface area contributed by atoms with Crippen LogP contribution in [0.25, 0.3) is 5.76 Å². The first-order chi connectivity index (χ1) is 20.4. The summed E-state index contributed by atoms with van der Waals surface area (Å²) in [5.74, 6) is -0.154. The Hall–Kier alpha value is -3.86. The number of halogens is 1. The molecule has 11 heteroatoms. The lowest BCUT2D eigenvalue weighted by molar-refractivity contribution is -0.132. The van der Waals surface area contributed by atoms with E-state index in [9.17, 15) is 14.7 Å². The van der Waals surface area contributed by atoms with Crippen molar-refractivity contribution in [3.8, 4) is 11.5 Å². The highest BCUT2D eigenvalue weighted by molar-refractivity contribution is 8.00. The molecule has 5 rings (SSSR count). The molecule has 0 aliphatic carbocycles. The average molecular weight is 622 g/mol. The zero-order chi connectivity index (χ0) is 29.6. The minimum absolute atomic E-state index is 0.0478. The minimum Gasteiger partial charge on any atom is -0.507 e. The van der Waals surface area contributed by atoms with Crippen LogP contribution in [0.3, 0.4) is 0 Å². The Morgan fingerprint density at radius 3 is 2.57 bits per heavy atom. The summed E-state index contributed by atoms with van der Waals surface area (Å²) >= 11 is 8.91. The molecule has 0 saturated carbocycles. The molecular weight excluding hydrogens is 594 g/mol. The first kappa shape index (κ1) is 29.6. The summed E-state index contributed by atoms with van der Waals surface area (Å²) in [5.41, 5.74) is 1.86. The molecule has 1 atom stereocenters. The number of benzene rings is 3. The molecule has 4 aromatic rings. The van der Waals surface area contributed by atoms with Crippen molar-refractivity contribution in [3.05, 3.63) is 100 Å². The molecule has 0 bridgehead atoms. The van der Waals surface area contributed by atoms with Gasteiger partial charge in [-0.2, -0.15) is 0 Å². The number of rotatable bonds is 11. The Morgan fingerprint density at radius 1 is 1.05 bits per heavy atom. The summed E-state index contributed by atoms with van der Waals surface area (Å²) in [7, 11) is 1.54. The lowest BCUT2D eigenvalue weighted by Crippen LogP contribution is -2.29. The largest absolute Gasteiger partial charge is 0.507 e. The van der Waals surface area contributed by atoms with E-state index in [1.54, 1.807) is 48.5 Å². The summed E-state index contributed by atoms with van der Waals surface area (Å²) in [6, 6.07) is 20.4. The van der Waals surface area contributed by atoms with Crippen molar-refractivity contribution in [3.63, 3.8) is 0 Å². The lowest BCUT2D eigenvalue weighted by atomic mass is 9.95. The Bertz CT molecular complexity index is 1620. The van der Waals surface area contributed by atoms with Crippen LogP contribution in [0.1, 0.15) is 42.5 Å². The predicted octanol–water partition coefficient (Wildman–Crippen LogP) is 7.30. The van der Waals surface area contributed by atoms with Crippen molar-refractivity contribution in [2.45, 2.75) is 35.9 Å². The first-order valence-electron chi connectivity index (χ1n) is 13.3. The third kappa shape index (κ3) is 6.30. The molecule has 1 aromatic heterocycles. The van der Waals surface area contributed by atoms with Crippen molar-refractivity contribution in [2.75, 3.05) is 18.6 Å². The quantitative estimate of drug-likeness (QED) is 0.0465. The van der Waals surface area contributed by atoms with E-state index in [2.05, 4.69) is 17.1 Å². The van der Waals surface area contributed by atoms with Gasteiger partial charge in [-0.25, -0.2) is 0 Å². The Kier molecular flexibility index (Phi) is 9.46. The molecule has 1 aliphatic rings. The normalized spacial score (nSPS) is 16.2. The van der Waals surface area contributed by atoms with Gasteiger partial charge in [0.05, 0.1) is 25.3 Å². The number of aliphatic hydroxyl groups excluding tert-OH is 1. The number of nitrogens with zero attached hydrogens (tertiary/aromatic N) is 3. The SMILES string of the molecule is CCCCOc1ccc(/C(O)=C2/C(=O)C(=O)N(c3nnc(SCc4ccccc4Cl)s3)C2c2cccc(OC)c2)cc1. The minimum atomic E-state index is -0.949. The van der Waals surface area contributed by atoms with Crippen LogP contribution in [0, 0.1) is 0 Å². The number of thioether (sulfide) groups is 1. The fraction of sp³-hybridized carbons (Fsp3) is 0.226. The summed E-state index contributed by atoms with van der Waals surface area (Å²) in [5, 5.41) is 20.9. The number of Topliss-reactive ketones (excluding diaryl/α,β-unsaturated/α-hetero) is 1. The van der Waals surface area contributed by atoms with E-state index in [4.69, 9.17) is 21.1 Å². The zero-order valence-electron chi connectivity index (χ0n) is 23.0. The topological polar surface area (TPSA) is 102 Å². The number of carbonyl (C=O) groups is 2. The molecule has 1 N–H and O–H groups in total. The van der Waals surface area contributed by atoms with Gasteiger partial charge in [-0.15, -0.1) is 10.2 Å². The van der Waals surface area contributed by atoms with E-state index < -0.39 is 17.7 Å². The Balaban J connectivity index is 1.51. The number of aromatic nitrogens is 2. The third-order valence-electron chi connectivity index (χ3n) is 6.66. The molecule has 1 saturated heterocycles. The summed E-state index contributed by atoms with van der Waals surface area (Å²) in [6.45, 7) is 2.67. The molecule has 42 heavy (non-hydrogen) atoms. The summed E-state index contributed by atoms with van der Waals surface area (Å²) in [6.07, 6.45) is 1.94. The molecule has 3 aromatic carbocycles. The maximum absolute atomic E-state index is 13.5. The molecular formula is C31H28ClN3O5S2. The van der Waals surface area contributed by atoms with Crippen molar-refractivity contribution < 1.29 is 24.2 Å². The van der Waals surface area contributed by atoms with E-state index in [1.807, 2.05) is 24.3 Å². The fourth-order valence-electron chi connectivity index (χ4n) is 4.47. The van der Waals surface area contributed by atoms with Crippen LogP contribution in [0.5, 0.6) is 11.5 Å². The van der Waals surface area contributed by atoms with Gasteiger partial charge >= 0.3 is 5.91 Å². The van der Waals surface area contributed by atoms with Crippen molar-refractivity contribution in [1.82, 2.24) is 10.2 Å². The van der Waals surface area contributed by atoms with Gasteiger partial charge in [0.2, 0.25) is 5.13 Å². The Labute approximate surface area is 257 Å². The molecule has 1 aliphatic heterocycles. The van der Waals surface area contributed by atoms with Gasteiger partial charge in [0.25, 0.3) is 5.78 Å². The van der Waals surface area contributed by atoms with Gasteiger partial charge in [0.15, 0.2) is 4.34 Å². The second-order valence-electron chi connectivity index (χ2n) is 9.40. The smallest absolute Gasteiger partial charge is 0.301 e. The Morgan fingerprint density at radius 2 is 1.83 bits per heavy atom. The van der Waals surface area contributed by atoms with Gasteiger partial charge in [-0.3, -0.25) is 14.5 Å². The monoisotopic (exact) mass is 621 g/mol. The van der Waals surface area contributed by atoms with Crippen LogP contribution in [0.2, 0.25) is 5.02 Å². The number of hydrogen-bond donors (Lipinski definition) is 1. The van der Waals surface area contributed by atoms with Gasteiger partial charge in [-0.05, 0) is 60.0 Å². The highest BCUT2D eigenvalue weighted by Gasteiger charge is 2.48. The highest BCUT2D eigenvalue weighted by Crippen LogP contribution is 2.44. The molecule has 8 nitrogen and oxygen atoms in total. The maximum Gasteiger partial charge on any atom is 0.301 e. The molecule has 1 amide bonds. The highest BCUT2D eigenvalue weighted by atomic mass is 35.5. The van der Waals surface area contributed by atoms with Crippen molar-refractivity contribution >= 4 is 57.3 Å². The van der Waals surface area contributed by atoms with Crippen LogP contribution in [-0.4, -0.2) is 40.7 Å². The number of ether oxygens (including phenoxy) is 2. The number of carbonyl (C=O) groups excluding carboxylic acids is 2. The second kappa shape index (κ2) is 13.4. The number of unbranched alkanes of at least 4 members (excludes halogenated alkanes) is 1. The van der Waals surface area contributed by atoms with Crippen LogP contribution < -0.4 is 14.4 Å². The van der Waals surface area contributed by atoms with Crippen LogP contribution in [0.15, 0.2) is 82.7 Å². The number of ketones is 1. The lowest BCUT2D eigenvalue weighted by Gasteiger charge is -2.23. The second-order valence-corrected chi connectivity index (χ2v) is 12.0. The average Bonchev–Trinajstić information content (AvgIpc) is 3.58. The van der Waals surface area contributed by atoms with E-state index >= 15 is 0 Å². The van der Waals surface area contributed by atoms with E-state index in [-0.39, 0.29) is 16.5 Å². The number of hydrogen-bond acceptors (Lipinski definition) is 9. The van der Waals surface area contributed by atoms with E-state index in [0.29, 0.717) is 44.3 Å². The summed E-state index contributed by atoms with van der Waals surface area (Å²) in [4.78, 5) is 28.3. The van der Waals surface area contributed by atoms with Gasteiger partial charge in [0.1, 0.15) is 17.3 Å². The number of anilines is 1. The molecule has 0 radical (unpaired) electrons. The van der Waals surface area contributed by atoms with Crippen LogP contribution in [-0.2, 0) is 15.3 Å². The van der Waals surface area contributed by atoms with Crippen molar-refractivity contribution in [1.29, 1.82) is 0 Å². The standard InChI is InChI=1S/C31H28ClN3O5S2/c1-3-4-16-40-22-14-12-19(13-15-22)27(36)25-26(20-9-7-10-23(17-20)39-2)35(29(38)28(25)37)30-33-34-31(42-30)41-18-21-8-5-6-11-24(21)32/h5-15,17,26,36H,3-4,16,18H2,1-2H3/b27-25-. The van der Waals surface area contributed by atoms with Crippen LogP contribution >= 0.6 is 34.7 Å². The molecule has 0 spiro atoms. The third-order valence-corrected chi connectivity index (χ3v) is 9.13. The van der Waals surface area contributed by atoms with Gasteiger partial charge in [0, 0.05) is 16.3 Å². The molecule has 1 unspecified atom stereocenters. The maximum atomic E-state index is 13.5. The first-order valence-corrected chi connectivity index (χ1v) is 15.5. The molecule has 2 heterocycles. The molecule has 1 fully saturated rings. The van der Waals surface area contributed by atoms with Crippen LogP contribution in [0.4, 0.5) is 5.13 Å².